The van der Waals surface area contributed by atoms with Crippen molar-refractivity contribution in [2.24, 2.45) is 10.9 Å². The Morgan fingerprint density at radius 1 is 1.06 bits per heavy atom. The van der Waals surface area contributed by atoms with Crippen molar-refractivity contribution in [1.82, 2.24) is 4.98 Å². The van der Waals surface area contributed by atoms with Gasteiger partial charge in [-0.25, -0.2) is 4.98 Å². The van der Waals surface area contributed by atoms with Crippen molar-refractivity contribution in [1.29, 1.82) is 0 Å². The number of morpholine rings is 1. The molecule has 1 aromatic heterocycles. The highest BCUT2D eigenvalue weighted by atomic mass is 16.5. The number of nitrogens with zero attached hydrogens (tertiary/aromatic N) is 3. The molecule has 0 unspecified atom stereocenters. The molecule has 0 saturated carbocycles. The van der Waals surface area contributed by atoms with Gasteiger partial charge in [-0.2, -0.15) is 4.99 Å². The van der Waals surface area contributed by atoms with Gasteiger partial charge in [-0.3, -0.25) is 0 Å². The van der Waals surface area contributed by atoms with Crippen molar-refractivity contribution in [3.63, 3.8) is 0 Å². The Kier molecular flexibility index (Phi) is 13.8. The third-order valence-electron chi connectivity index (χ3n) is 4.98. The molecule has 176 valence electrons. The van der Waals surface area contributed by atoms with Gasteiger partial charge in [0.25, 0.3) is 0 Å². The van der Waals surface area contributed by atoms with Crippen LogP contribution >= 0.6 is 0 Å². The van der Waals surface area contributed by atoms with E-state index in [9.17, 15) is 5.11 Å². The van der Waals surface area contributed by atoms with Gasteiger partial charge in [-0.15, -0.1) is 0 Å². The molecule has 3 aliphatic heterocycles. The van der Waals surface area contributed by atoms with E-state index in [1.165, 1.54) is 19.3 Å². The first kappa shape index (κ1) is 27.1. The Morgan fingerprint density at radius 2 is 1.74 bits per heavy atom. The number of fused-ring (bicyclic) bond motifs is 1. The molecular formula is C25H43N3O3. The Balaban J connectivity index is 0.000000333. The number of anilines is 1. The van der Waals surface area contributed by atoms with E-state index in [1.807, 2.05) is 19.9 Å². The van der Waals surface area contributed by atoms with E-state index in [2.05, 4.69) is 48.6 Å². The summed E-state index contributed by atoms with van der Waals surface area (Å²) in [7, 11) is 0. The largest absolute Gasteiger partial charge is 0.493 e. The first-order valence-electron chi connectivity index (χ1n) is 11.9. The van der Waals surface area contributed by atoms with E-state index in [0.717, 1.165) is 49.8 Å². The summed E-state index contributed by atoms with van der Waals surface area (Å²) in [6, 6.07) is 2.34. The maximum absolute atomic E-state index is 9.59. The number of ether oxygens (including phenoxy) is 2. The van der Waals surface area contributed by atoms with Crippen LogP contribution in [0.15, 0.2) is 29.2 Å². The maximum atomic E-state index is 9.59. The average Bonchev–Trinajstić information content (AvgIpc) is 2.98. The Labute approximate surface area is 188 Å². The number of aliphatic hydroxyl groups is 1. The fourth-order valence-electron chi connectivity index (χ4n) is 3.32. The summed E-state index contributed by atoms with van der Waals surface area (Å²) in [5.74, 6) is 0.948. The quantitative estimate of drug-likeness (QED) is 0.712. The highest BCUT2D eigenvalue weighted by molar-refractivity contribution is 5.52. The van der Waals surface area contributed by atoms with Crippen LogP contribution in [0.1, 0.15) is 67.2 Å². The lowest BCUT2D eigenvalue weighted by Crippen LogP contribution is -2.47. The molecule has 0 aliphatic carbocycles. The van der Waals surface area contributed by atoms with Gasteiger partial charge in [0.05, 0.1) is 13.2 Å². The van der Waals surface area contributed by atoms with E-state index in [4.69, 9.17) is 9.47 Å². The van der Waals surface area contributed by atoms with Crippen LogP contribution in [-0.2, 0) is 9.47 Å². The lowest BCUT2D eigenvalue weighted by Gasteiger charge is -2.35. The van der Waals surface area contributed by atoms with Crippen molar-refractivity contribution in [3.05, 3.63) is 34.9 Å². The zero-order valence-corrected chi connectivity index (χ0v) is 20.4. The first-order valence-corrected chi connectivity index (χ1v) is 11.9. The van der Waals surface area contributed by atoms with E-state index >= 15 is 0 Å². The molecule has 4 heterocycles. The van der Waals surface area contributed by atoms with E-state index in [0.29, 0.717) is 18.0 Å². The zero-order chi connectivity index (χ0) is 23.1. The first-order chi connectivity index (χ1) is 15.1. The molecular weight excluding hydrogens is 390 g/mol. The molecule has 1 atom stereocenters. The predicted octanol–water partition coefficient (Wildman–Crippen LogP) is 4.39. The second-order valence-electron chi connectivity index (χ2n) is 7.80. The summed E-state index contributed by atoms with van der Waals surface area (Å²) >= 11 is 0. The van der Waals surface area contributed by atoms with Crippen LogP contribution in [0.2, 0.25) is 0 Å². The fourth-order valence-corrected chi connectivity index (χ4v) is 3.32. The standard InChI is InChI=1S/C14H17N3O2.C6H12O.C3H8.C2H6/c1-10-9-19-8-7-17(10)12-5-6-15-14-11(12)3-2-4-13(18)16-14;1-6-2-4-7-5-3-6;1-3-2;1-2/h3-6,10,18H,2,7-9H2,1H3;6H,2-5H2,1H3;3H2,1-2H3;1-2H3/t10-;;;/m0.../s1. The van der Waals surface area contributed by atoms with Gasteiger partial charge in [0.2, 0.25) is 5.88 Å². The molecule has 3 aliphatic rings. The number of hydrogen-bond donors (Lipinski definition) is 1. The highest BCUT2D eigenvalue weighted by Crippen LogP contribution is 2.15. The van der Waals surface area contributed by atoms with Crippen LogP contribution in [0.25, 0.3) is 6.08 Å². The van der Waals surface area contributed by atoms with Gasteiger partial charge in [-0.05, 0) is 44.2 Å². The summed E-state index contributed by atoms with van der Waals surface area (Å²) in [6.07, 6.45) is 9.94. The molecule has 2 fully saturated rings. The van der Waals surface area contributed by atoms with Crippen molar-refractivity contribution in [2.75, 3.05) is 37.9 Å². The maximum Gasteiger partial charge on any atom is 0.208 e. The average molecular weight is 434 g/mol. The minimum atomic E-state index is 0.0367. The molecule has 0 amide bonds. The highest BCUT2D eigenvalue weighted by Gasteiger charge is 2.20. The van der Waals surface area contributed by atoms with Crippen molar-refractivity contribution in [2.45, 2.75) is 73.3 Å². The van der Waals surface area contributed by atoms with Crippen LogP contribution in [0.4, 0.5) is 5.69 Å². The Bertz CT molecular complexity index is 758. The fraction of sp³-hybridized carbons (Fsp3) is 0.680. The van der Waals surface area contributed by atoms with Gasteiger partial charge in [0, 0.05) is 42.9 Å². The van der Waals surface area contributed by atoms with E-state index in [1.54, 1.807) is 12.3 Å². The SMILES string of the molecule is CC.CC1CCOCC1.CCC.C[C@H]1COCCN1c1ccnc2c1=CCC=C(O)N=2. The summed E-state index contributed by atoms with van der Waals surface area (Å²) in [5.41, 5.74) is 1.70. The van der Waals surface area contributed by atoms with Gasteiger partial charge < -0.3 is 19.5 Å². The molecule has 0 bridgehead atoms. The molecule has 6 heteroatoms. The van der Waals surface area contributed by atoms with E-state index < -0.39 is 0 Å². The smallest absolute Gasteiger partial charge is 0.208 e. The minimum absolute atomic E-state index is 0.0367. The third kappa shape index (κ3) is 9.40. The van der Waals surface area contributed by atoms with Gasteiger partial charge >= 0.3 is 0 Å². The summed E-state index contributed by atoms with van der Waals surface area (Å²) in [6.45, 7) is 17.0. The van der Waals surface area contributed by atoms with Crippen LogP contribution in [-0.4, -0.2) is 49.1 Å². The van der Waals surface area contributed by atoms with Gasteiger partial charge in [0.15, 0.2) is 5.49 Å². The lowest BCUT2D eigenvalue weighted by molar-refractivity contribution is 0.0716. The summed E-state index contributed by atoms with van der Waals surface area (Å²) in [5, 5.41) is 10.6. The molecule has 4 rings (SSSR count). The van der Waals surface area contributed by atoms with Crippen molar-refractivity contribution < 1.29 is 14.6 Å². The second kappa shape index (κ2) is 15.8. The topological polar surface area (TPSA) is 67.2 Å². The lowest BCUT2D eigenvalue weighted by atomic mass is 10.0. The Morgan fingerprint density at radius 3 is 2.32 bits per heavy atom. The normalized spacial score (nSPS) is 20.4. The molecule has 6 nitrogen and oxygen atoms in total. The van der Waals surface area contributed by atoms with Crippen LogP contribution in [0.5, 0.6) is 0 Å². The Hall–Kier alpha value is -1.92. The number of rotatable bonds is 1. The van der Waals surface area contributed by atoms with E-state index in [-0.39, 0.29) is 5.88 Å². The molecule has 31 heavy (non-hydrogen) atoms. The number of aliphatic hydroxyl groups excluding tert-OH is 1. The molecule has 1 aromatic rings. The molecule has 2 saturated heterocycles. The summed E-state index contributed by atoms with van der Waals surface area (Å²) < 4.78 is 10.6. The third-order valence-corrected chi connectivity index (χ3v) is 4.98. The molecule has 0 aromatic carbocycles. The number of pyridine rings is 1. The minimum Gasteiger partial charge on any atom is -0.493 e. The summed E-state index contributed by atoms with van der Waals surface area (Å²) in [4.78, 5) is 10.7. The molecule has 0 radical (unpaired) electrons. The monoisotopic (exact) mass is 433 g/mol. The molecule has 0 spiro atoms. The van der Waals surface area contributed by atoms with Crippen LogP contribution < -0.4 is 15.6 Å². The van der Waals surface area contributed by atoms with Crippen LogP contribution in [0, 0.1) is 5.92 Å². The number of aromatic nitrogens is 1. The van der Waals surface area contributed by atoms with Crippen molar-refractivity contribution >= 4 is 11.8 Å². The number of allylic oxidation sites excluding steroid dienone is 1. The predicted molar refractivity (Wildman–Crippen MR) is 129 cm³/mol. The van der Waals surface area contributed by atoms with Gasteiger partial charge in [0.1, 0.15) is 0 Å². The van der Waals surface area contributed by atoms with Crippen molar-refractivity contribution in [3.8, 4) is 0 Å². The van der Waals surface area contributed by atoms with Gasteiger partial charge in [-0.1, -0.05) is 47.1 Å². The zero-order valence-electron chi connectivity index (χ0n) is 20.4. The van der Waals surface area contributed by atoms with Crippen LogP contribution in [0.3, 0.4) is 0 Å². The number of hydrogen-bond acceptors (Lipinski definition) is 6. The molecule has 1 N–H and O–H groups in total. The second-order valence-corrected chi connectivity index (χ2v) is 7.80.